The number of ether oxygens (including phenoxy) is 1. The summed E-state index contributed by atoms with van der Waals surface area (Å²) in [6, 6.07) is 7.14. The summed E-state index contributed by atoms with van der Waals surface area (Å²) in [5.41, 5.74) is 0.806. The predicted molar refractivity (Wildman–Crippen MR) is 103 cm³/mol. The van der Waals surface area contributed by atoms with Crippen molar-refractivity contribution in [1.82, 2.24) is 15.2 Å². The molecule has 148 valence electrons. The van der Waals surface area contributed by atoms with E-state index in [1.54, 1.807) is 12.1 Å². The van der Waals surface area contributed by atoms with Gasteiger partial charge in [-0.05, 0) is 50.2 Å². The van der Waals surface area contributed by atoms with Gasteiger partial charge in [0, 0.05) is 23.3 Å². The molecule has 0 bridgehead atoms. The maximum atomic E-state index is 14.5. The van der Waals surface area contributed by atoms with E-state index in [0.717, 1.165) is 25.9 Å². The van der Waals surface area contributed by atoms with Crippen LogP contribution < -0.4 is 5.32 Å². The van der Waals surface area contributed by atoms with E-state index >= 15 is 0 Å². The molecule has 1 atom stereocenters. The predicted octanol–water partition coefficient (Wildman–Crippen LogP) is 3.23. The fourth-order valence-corrected chi connectivity index (χ4v) is 3.63. The number of benzene rings is 1. The topological polar surface area (TPSA) is 71.5 Å². The number of halogens is 2. The SMILES string of the molecule is COC(=O)c1ccc(C(=O)NCC(c2c(F)cccc2Cl)N2CCCC2)nc1. The molecule has 2 aromatic rings. The molecule has 1 aromatic carbocycles. The Morgan fingerprint density at radius 2 is 2.04 bits per heavy atom. The van der Waals surface area contributed by atoms with Crippen molar-refractivity contribution in [2.24, 2.45) is 0 Å². The number of esters is 1. The monoisotopic (exact) mass is 405 g/mol. The van der Waals surface area contributed by atoms with Crippen molar-refractivity contribution >= 4 is 23.5 Å². The van der Waals surface area contributed by atoms with E-state index in [1.807, 2.05) is 0 Å². The van der Waals surface area contributed by atoms with E-state index in [2.05, 4.69) is 19.9 Å². The third-order valence-corrected chi connectivity index (χ3v) is 5.12. The van der Waals surface area contributed by atoms with Crippen molar-refractivity contribution in [2.75, 3.05) is 26.7 Å². The van der Waals surface area contributed by atoms with Gasteiger partial charge in [-0.15, -0.1) is 0 Å². The number of hydrogen-bond acceptors (Lipinski definition) is 5. The molecule has 1 amide bonds. The molecule has 2 heterocycles. The van der Waals surface area contributed by atoms with Gasteiger partial charge in [0.15, 0.2) is 0 Å². The third kappa shape index (κ3) is 4.48. The van der Waals surface area contributed by atoms with Crippen LogP contribution in [-0.4, -0.2) is 48.5 Å². The molecule has 0 saturated carbocycles. The first-order chi connectivity index (χ1) is 13.5. The Kier molecular flexibility index (Phi) is 6.59. The molecule has 1 N–H and O–H groups in total. The largest absolute Gasteiger partial charge is 0.465 e. The highest BCUT2D eigenvalue weighted by atomic mass is 35.5. The Morgan fingerprint density at radius 3 is 2.64 bits per heavy atom. The molecule has 28 heavy (non-hydrogen) atoms. The van der Waals surface area contributed by atoms with E-state index in [-0.39, 0.29) is 29.7 Å². The summed E-state index contributed by atoms with van der Waals surface area (Å²) in [4.78, 5) is 30.1. The fraction of sp³-hybridized carbons (Fsp3) is 0.350. The lowest BCUT2D eigenvalue weighted by molar-refractivity contribution is 0.0599. The molecular weight excluding hydrogens is 385 g/mol. The number of methoxy groups -OCH3 is 1. The van der Waals surface area contributed by atoms with Gasteiger partial charge in [0.2, 0.25) is 0 Å². The normalized spacial score (nSPS) is 15.2. The Hall–Kier alpha value is -2.51. The van der Waals surface area contributed by atoms with E-state index in [9.17, 15) is 14.0 Å². The van der Waals surface area contributed by atoms with Crippen molar-refractivity contribution < 1.29 is 18.7 Å². The van der Waals surface area contributed by atoms with Crippen molar-refractivity contribution in [1.29, 1.82) is 0 Å². The molecule has 1 aromatic heterocycles. The summed E-state index contributed by atoms with van der Waals surface area (Å²) in [6.07, 6.45) is 3.33. The van der Waals surface area contributed by atoms with Crippen LogP contribution in [-0.2, 0) is 4.74 Å². The minimum atomic E-state index is -0.525. The Morgan fingerprint density at radius 1 is 1.29 bits per heavy atom. The van der Waals surface area contributed by atoms with Crippen molar-refractivity contribution in [3.8, 4) is 0 Å². The number of rotatable bonds is 6. The van der Waals surface area contributed by atoms with Crippen LogP contribution in [0.5, 0.6) is 0 Å². The van der Waals surface area contributed by atoms with Gasteiger partial charge in [0.05, 0.1) is 18.7 Å². The maximum absolute atomic E-state index is 14.5. The second-order valence-corrected chi connectivity index (χ2v) is 6.94. The van der Waals surface area contributed by atoms with Crippen LogP contribution in [0.4, 0.5) is 4.39 Å². The number of nitrogens with one attached hydrogen (secondary N) is 1. The summed E-state index contributed by atoms with van der Waals surface area (Å²) >= 11 is 6.26. The average Bonchev–Trinajstić information content (AvgIpc) is 3.24. The molecule has 1 unspecified atom stereocenters. The molecule has 8 heteroatoms. The standard InChI is InChI=1S/C20H21ClFN3O3/c1-28-20(27)13-7-8-16(23-11-13)19(26)24-12-17(25-9-2-3-10-25)18-14(21)5-4-6-15(18)22/h4-8,11,17H,2-3,9-10,12H2,1H3,(H,24,26). The van der Waals surface area contributed by atoms with E-state index in [1.165, 1.54) is 31.5 Å². The molecule has 0 radical (unpaired) electrons. The Balaban J connectivity index is 1.75. The number of amides is 1. The molecule has 3 rings (SSSR count). The molecule has 0 spiro atoms. The highest BCUT2D eigenvalue weighted by molar-refractivity contribution is 6.31. The molecule has 1 fully saturated rings. The number of nitrogens with zero attached hydrogens (tertiary/aromatic N) is 2. The summed E-state index contributed by atoms with van der Waals surface area (Å²) in [7, 11) is 1.27. The minimum Gasteiger partial charge on any atom is -0.465 e. The second kappa shape index (κ2) is 9.12. The second-order valence-electron chi connectivity index (χ2n) is 6.53. The highest BCUT2D eigenvalue weighted by Crippen LogP contribution is 2.32. The molecule has 1 saturated heterocycles. The summed E-state index contributed by atoms with van der Waals surface area (Å²) < 4.78 is 19.1. The van der Waals surface area contributed by atoms with Crippen LogP contribution in [0.25, 0.3) is 0 Å². The lowest BCUT2D eigenvalue weighted by atomic mass is 10.0. The number of aromatic nitrogens is 1. The van der Waals surface area contributed by atoms with Crippen LogP contribution >= 0.6 is 11.6 Å². The van der Waals surface area contributed by atoms with Crippen molar-refractivity contribution in [2.45, 2.75) is 18.9 Å². The number of carbonyl (C=O) groups is 2. The first-order valence-corrected chi connectivity index (χ1v) is 9.39. The first-order valence-electron chi connectivity index (χ1n) is 9.01. The van der Waals surface area contributed by atoms with Gasteiger partial charge >= 0.3 is 5.97 Å². The van der Waals surface area contributed by atoms with Crippen LogP contribution in [0, 0.1) is 5.82 Å². The highest BCUT2D eigenvalue weighted by Gasteiger charge is 2.28. The van der Waals surface area contributed by atoms with Crippen LogP contribution in [0.15, 0.2) is 36.5 Å². The zero-order valence-electron chi connectivity index (χ0n) is 15.5. The zero-order valence-corrected chi connectivity index (χ0v) is 16.2. The van der Waals surface area contributed by atoms with E-state index in [4.69, 9.17) is 11.6 Å². The first kappa shape index (κ1) is 20.2. The fourth-order valence-electron chi connectivity index (χ4n) is 3.34. The number of hydrogen-bond donors (Lipinski definition) is 1. The Labute approximate surface area is 167 Å². The van der Waals surface area contributed by atoms with Gasteiger partial charge in [-0.3, -0.25) is 14.7 Å². The van der Waals surface area contributed by atoms with E-state index in [0.29, 0.717) is 10.6 Å². The summed E-state index contributed by atoms with van der Waals surface area (Å²) in [5, 5.41) is 3.15. The van der Waals surface area contributed by atoms with Crippen molar-refractivity contribution in [3.63, 3.8) is 0 Å². The minimum absolute atomic E-state index is 0.160. The lowest BCUT2D eigenvalue weighted by Gasteiger charge is -2.29. The van der Waals surface area contributed by atoms with Gasteiger partial charge < -0.3 is 10.1 Å². The number of pyridine rings is 1. The van der Waals surface area contributed by atoms with Crippen LogP contribution in [0.3, 0.4) is 0 Å². The van der Waals surface area contributed by atoms with Gasteiger partial charge in [-0.25, -0.2) is 9.18 Å². The average molecular weight is 406 g/mol. The van der Waals surface area contributed by atoms with Gasteiger partial charge in [-0.1, -0.05) is 17.7 Å². The molecule has 1 aliphatic rings. The van der Waals surface area contributed by atoms with Gasteiger partial charge in [0.25, 0.3) is 5.91 Å². The third-order valence-electron chi connectivity index (χ3n) is 4.79. The lowest BCUT2D eigenvalue weighted by Crippen LogP contribution is -2.37. The summed E-state index contributed by atoms with van der Waals surface area (Å²) in [5.74, 6) is -1.32. The maximum Gasteiger partial charge on any atom is 0.339 e. The zero-order chi connectivity index (χ0) is 20.1. The van der Waals surface area contributed by atoms with Crippen LogP contribution in [0.2, 0.25) is 5.02 Å². The quantitative estimate of drug-likeness (QED) is 0.747. The van der Waals surface area contributed by atoms with Gasteiger partial charge in [0.1, 0.15) is 11.5 Å². The number of likely N-dealkylation sites (tertiary alicyclic amines) is 1. The van der Waals surface area contributed by atoms with E-state index < -0.39 is 11.9 Å². The van der Waals surface area contributed by atoms with Gasteiger partial charge in [-0.2, -0.15) is 0 Å². The molecule has 6 nitrogen and oxygen atoms in total. The smallest absolute Gasteiger partial charge is 0.339 e. The number of carbonyl (C=O) groups excluding carboxylic acids is 2. The van der Waals surface area contributed by atoms with Crippen molar-refractivity contribution in [3.05, 3.63) is 64.2 Å². The Bertz CT molecular complexity index is 834. The molecule has 1 aliphatic heterocycles. The summed E-state index contributed by atoms with van der Waals surface area (Å²) in [6.45, 7) is 1.83. The molecule has 0 aliphatic carbocycles. The molecular formula is C20H21ClFN3O3. The van der Waals surface area contributed by atoms with Crippen LogP contribution in [0.1, 0.15) is 45.3 Å².